The summed E-state index contributed by atoms with van der Waals surface area (Å²) in [5, 5.41) is 2.64. The van der Waals surface area contributed by atoms with E-state index in [1.165, 1.54) is 391 Å². The van der Waals surface area contributed by atoms with Crippen molar-refractivity contribution < 1.29 is 0 Å². The molecule has 0 unspecified atom stereocenters. The topological polar surface area (TPSA) is 0 Å². The van der Waals surface area contributed by atoms with Gasteiger partial charge in [-0.15, -0.1) is 0 Å². The van der Waals surface area contributed by atoms with E-state index in [1.807, 2.05) is 0 Å². The highest BCUT2D eigenvalue weighted by Crippen LogP contribution is 2.64. The van der Waals surface area contributed by atoms with Crippen LogP contribution in [0.2, 0.25) is 0 Å². The van der Waals surface area contributed by atoms with E-state index >= 15 is 0 Å². The largest absolute Gasteiger partial charge is 0.0654 e. The van der Waals surface area contributed by atoms with Gasteiger partial charge in [0.25, 0.3) is 0 Å². The molecule has 0 aromatic heterocycles. The maximum Gasteiger partial charge on any atom is 0.0215 e. The number of unbranched alkanes of at least 4 members (excludes halogenated alkanes) is 20. The summed E-state index contributed by atoms with van der Waals surface area (Å²) in [6.07, 6.45) is 36.8. The molecule has 0 spiro atoms. The fourth-order valence-electron chi connectivity index (χ4n) is 27.8. The Labute approximate surface area is 821 Å². The molecule has 0 saturated heterocycles. The molecule has 692 valence electrons. The Kier molecular flexibility index (Phi) is 23.7. The molecule has 15 aromatic carbocycles. The Bertz CT molecular complexity index is 7180. The van der Waals surface area contributed by atoms with E-state index in [1.54, 1.807) is 22.3 Å². The lowest BCUT2D eigenvalue weighted by Crippen LogP contribution is -2.25. The minimum atomic E-state index is -0.246. The van der Waals surface area contributed by atoms with Gasteiger partial charge in [0.15, 0.2) is 0 Å². The van der Waals surface area contributed by atoms with Crippen molar-refractivity contribution >= 4 is 10.8 Å². The maximum atomic E-state index is 2.65. The highest BCUT2D eigenvalue weighted by Gasteiger charge is 2.49. The minimum absolute atomic E-state index is 0.0512. The van der Waals surface area contributed by atoms with E-state index in [0.29, 0.717) is 0 Å². The summed E-state index contributed by atoms with van der Waals surface area (Å²) >= 11 is 0. The summed E-state index contributed by atoms with van der Waals surface area (Å²) in [4.78, 5) is 0. The van der Waals surface area contributed by atoms with E-state index in [0.717, 1.165) is 0 Å². The van der Waals surface area contributed by atoms with Gasteiger partial charge in [-0.25, -0.2) is 0 Å². The van der Waals surface area contributed by atoms with Gasteiger partial charge in [0.05, 0.1) is 0 Å². The normalized spacial score (nSPS) is 15.9. The van der Waals surface area contributed by atoms with Crippen LogP contribution < -0.4 is 0 Å². The molecule has 7 aliphatic carbocycles. The standard InChI is InChI=1S/C137H144/c1-15-19-23-27-31-41-73-136(74-42-32-28-24-20-16-2)116-49-39-37-46-101(116)107-70-64-98(82-127(107)136)96-62-68-105-103-66-59-93(77-118(103)131(5,6)120(105)80-96)89-51-53-90(54-52-89)95-61-72-109-112-85-124-113(86-123(112)133(9,10)122(109)79-95)114-87-126-115(88-125(114)134(124,11)12)130-110-48-36-35-45-100(110)111(84-129(130)135(126,13)14)92-57-55-91(56-58-92)94-60-67-104-106-69-63-97(81-121(106)132(7,8)119(104)78-94)99-65-71-108-102-47-38-40-50-117(102)137(128(108)83-99,75-43-33-29-25-21-17-3)76-44-34-30-26-22-18-4/h35-40,45-72,77-88H,15-34,41-44,73-76H2,1-14H3. The molecule has 0 heteroatoms. The first-order chi connectivity index (χ1) is 66.5. The molecule has 0 saturated carbocycles. The molecule has 0 bridgehead atoms. The highest BCUT2D eigenvalue weighted by molar-refractivity contribution is 6.10. The lowest BCUT2D eigenvalue weighted by Gasteiger charge is -2.33. The van der Waals surface area contributed by atoms with Gasteiger partial charge < -0.3 is 0 Å². The molecular weight excluding hydrogens is 1650 g/mol. The van der Waals surface area contributed by atoms with E-state index in [9.17, 15) is 0 Å². The number of hydrogen-bond donors (Lipinski definition) is 0. The van der Waals surface area contributed by atoms with E-state index in [2.05, 4.69) is 376 Å². The lowest BCUT2D eigenvalue weighted by molar-refractivity contribution is 0.398. The van der Waals surface area contributed by atoms with Crippen LogP contribution in [0.1, 0.15) is 355 Å². The van der Waals surface area contributed by atoms with Crippen molar-refractivity contribution in [3.05, 3.63) is 357 Å². The van der Waals surface area contributed by atoms with Gasteiger partial charge >= 0.3 is 0 Å². The Balaban J connectivity index is 0.501. The molecule has 0 radical (unpaired) electrons. The second-order valence-electron chi connectivity index (χ2n) is 45.7. The van der Waals surface area contributed by atoms with Crippen molar-refractivity contribution in [1.29, 1.82) is 0 Å². The third-order valence-electron chi connectivity index (χ3n) is 35.7. The number of benzene rings is 15. The Morgan fingerprint density at radius 2 is 0.358 bits per heavy atom. The average Bonchev–Trinajstić information content (AvgIpc) is 1.52. The molecule has 137 heavy (non-hydrogen) atoms. The zero-order valence-corrected chi connectivity index (χ0v) is 84.9. The third kappa shape index (κ3) is 15.1. The van der Waals surface area contributed by atoms with Gasteiger partial charge in [-0.1, -0.05) is 457 Å². The summed E-state index contributed by atoms with van der Waals surface area (Å²) in [6.45, 7) is 34.1. The molecular formula is C137H144. The number of rotatable bonds is 34. The van der Waals surface area contributed by atoms with Crippen molar-refractivity contribution in [3.8, 4) is 145 Å². The predicted molar refractivity (Wildman–Crippen MR) is 589 cm³/mol. The molecule has 0 N–H and O–H groups in total. The Morgan fingerprint density at radius 3 is 0.693 bits per heavy atom. The first-order valence-corrected chi connectivity index (χ1v) is 53.9. The van der Waals surface area contributed by atoms with Gasteiger partial charge in [-0.2, -0.15) is 0 Å². The van der Waals surface area contributed by atoms with Crippen molar-refractivity contribution in [2.45, 2.75) is 315 Å². The average molecular weight is 1790 g/mol. The first kappa shape index (κ1) is 90.7. The molecule has 0 fully saturated rings. The van der Waals surface area contributed by atoms with Crippen LogP contribution in [0.5, 0.6) is 0 Å². The van der Waals surface area contributed by atoms with E-state index in [-0.39, 0.29) is 37.9 Å². The Morgan fingerprint density at radius 1 is 0.146 bits per heavy atom. The van der Waals surface area contributed by atoms with Crippen molar-refractivity contribution in [3.63, 3.8) is 0 Å². The fourth-order valence-corrected chi connectivity index (χ4v) is 27.8. The smallest absolute Gasteiger partial charge is 0.0215 e. The SMILES string of the molecule is CCCCCCCCC1(CCCCCCCC)c2ccccc2-c2ccc(-c3ccc4c(c3)C(C)(C)c3cc(-c5ccc(-c6ccc7c(c6)C(C)(C)c6cc8c(cc6-7)C(C)(C)c6cc7c(cc6-8)C(C)(C)c6cc(-c8ccc(-c9ccc%10c(c9)C(C)(C)c9cc(-c%11ccc%12c(c%11)C(CCCCCCCC)(CCCCCCCC)c%11ccccc%11-%12)ccc9-%10)cc8)c8ccccc8c6-7)cc5)ccc3-4)cc21. The van der Waals surface area contributed by atoms with Crippen LogP contribution in [0, 0.1) is 0 Å². The molecule has 15 aromatic rings. The van der Waals surface area contributed by atoms with Gasteiger partial charge in [0, 0.05) is 37.9 Å². The zero-order chi connectivity index (χ0) is 94.1. The molecule has 7 aliphatic rings. The van der Waals surface area contributed by atoms with Crippen LogP contribution >= 0.6 is 0 Å². The quantitative estimate of drug-likeness (QED) is 0.0353. The first-order valence-electron chi connectivity index (χ1n) is 53.9. The molecule has 0 heterocycles. The van der Waals surface area contributed by atoms with E-state index < -0.39 is 0 Å². The summed E-state index contributed by atoms with van der Waals surface area (Å²) in [7, 11) is 0. The summed E-state index contributed by atoms with van der Waals surface area (Å²) in [5.74, 6) is 0. The Hall–Kier alpha value is -11.4. The van der Waals surface area contributed by atoms with Crippen molar-refractivity contribution in [1.82, 2.24) is 0 Å². The van der Waals surface area contributed by atoms with Crippen LogP contribution in [0.25, 0.3) is 155 Å². The van der Waals surface area contributed by atoms with Crippen LogP contribution in [0.4, 0.5) is 0 Å². The number of fused-ring (bicyclic) bond motifs is 23. The second kappa shape index (κ2) is 35.8. The van der Waals surface area contributed by atoms with Gasteiger partial charge in [0.2, 0.25) is 0 Å². The number of hydrogen-bond acceptors (Lipinski definition) is 0. The van der Waals surface area contributed by atoms with Crippen molar-refractivity contribution in [2.75, 3.05) is 0 Å². The van der Waals surface area contributed by atoms with Gasteiger partial charge in [-0.3, -0.25) is 0 Å². The highest BCUT2D eigenvalue weighted by atomic mass is 14.5. The maximum absolute atomic E-state index is 2.65. The summed E-state index contributed by atoms with van der Waals surface area (Å²) < 4.78 is 0. The molecule has 0 atom stereocenters. The second-order valence-corrected chi connectivity index (χ2v) is 45.7. The van der Waals surface area contributed by atoms with Crippen LogP contribution in [0.15, 0.2) is 279 Å². The van der Waals surface area contributed by atoms with Crippen LogP contribution in [0.3, 0.4) is 0 Å². The molecule has 0 aliphatic heterocycles. The van der Waals surface area contributed by atoms with Gasteiger partial charge in [-0.05, 0) is 332 Å². The van der Waals surface area contributed by atoms with Crippen LogP contribution in [-0.4, -0.2) is 0 Å². The predicted octanol–water partition coefficient (Wildman–Crippen LogP) is 39.9. The lowest BCUT2D eigenvalue weighted by atomic mass is 9.70. The monoisotopic (exact) mass is 1790 g/mol. The minimum Gasteiger partial charge on any atom is -0.0654 e. The summed E-state index contributed by atoms with van der Waals surface area (Å²) in [6, 6.07) is 112. The zero-order valence-electron chi connectivity index (χ0n) is 84.9. The van der Waals surface area contributed by atoms with Crippen LogP contribution in [-0.2, 0) is 37.9 Å². The molecule has 0 amide bonds. The van der Waals surface area contributed by atoms with Gasteiger partial charge in [0.1, 0.15) is 0 Å². The third-order valence-corrected chi connectivity index (χ3v) is 35.7. The fraction of sp³-hybridized carbons (Fsp3) is 0.358. The molecule has 0 nitrogen and oxygen atoms in total. The van der Waals surface area contributed by atoms with E-state index in [4.69, 9.17) is 0 Å². The summed E-state index contributed by atoms with van der Waals surface area (Å²) in [5.41, 5.74) is 54.8. The molecule has 22 rings (SSSR count). The van der Waals surface area contributed by atoms with Crippen molar-refractivity contribution in [2.24, 2.45) is 0 Å².